The zero-order valence-corrected chi connectivity index (χ0v) is 11.5. The molecule has 1 aliphatic rings. The number of hydrogen-bond acceptors (Lipinski definition) is 2. The smallest absolute Gasteiger partial charge is 0.258 e. The maximum Gasteiger partial charge on any atom is 0.258 e. The van der Waals surface area contributed by atoms with Crippen molar-refractivity contribution in [2.75, 3.05) is 6.61 Å². The van der Waals surface area contributed by atoms with Gasteiger partial charge in [0.2, 0.25) is 0 Å². The molecule has 20 heavy (non-hydrogen) atoms. The summed E-state index contributed by atoms with van der Waals surface area (Å²) in [7, 11) is 0. The fourth-order valence-electron chi connectivity index (χ4n) is 2.49. The average Bonchev–Trinajstić information content (AvgIpc) is 2.43. The maximum atomic E-state index is 13.0. The van der Waals surface area contributed by atoms with Crippen molar-refractivity contribution >= 4 is 5.91 Å². The summed E-state index contributed by atoms with van der Waals surface area (Å²) in [6.45, 7) is 1.94. The Bertz CT molecular complexity index is 479. The molecule has 1 N–H and O–H groups in total. The van der Waals surface area contributed by atoms with Gasteiger partial charge in [0, 0.05) is 12.1 Å². The van der Waals surface area contributed by atoms with E-state index in [-0.39, 0.29) is 24.3 Å². The molecule has 0 heterocycles. The van der Waals surface area contributed by atoms with Crippen LogP contribution in [0, 0.1) is 17.6 Å². The highest BCUT2D eigenvalue weighted by atomic mass is 19.2. The molecule has 3 nitrogen and oxygen atoms in total. The van der Waals surface area contributed by atoms with Gasteiger partial charge in [-0.3, -0.25) is 4.79 Å². The van der Waals surface area contributed by atoms with E-state index < -0.39 is 11.6 Å². The molecule has 1 saturated carbocycles. The van der Waals surface area contributed by atoms with Gasteiger partial charge in [-0.05, 0) is 30.9 Å². The van der Waals surface area contributed by atoms with Gasteiger partial charge in [0.25, 0.3) is 5.91 Å². The van der Waals surface area contributed by atoms with Crippen LogP contribution in [-0.4, -0.2) is 18.6 Å². The first-order valence-corrected chi connectivity index (χ1v) is 6.93. The molecule has 1 aromatic rings. The Kier molecular flexibility index (Phi) is 4.93. The summed E-state index contributed by atoms with van der Waals surface area (Å²) < 4.78 is 30.9. The van der Waals surface area contributed by atoms with Crippen LogP contribution in [0.1, 0.15) is 32.6 Å². The van der Waals surface area contributed by atoms with Crippen LogP contribution < -0.4 is 10.1 Å². The van der Waals surface area contributed by atoms with Crippen molar-refractivity contribution in [3.8, 4) is 5.75 Å². The van der Waals surface area contributed by atoms with Gasteiger partial charge in [-0.2, -0.15) is 0 Å². The molecule has 0 bridgehead atoms. The Hall–Kier alpha value is -1.65. The minimum absolute atomic E-state index is 0.149. The first-order chi connectivity index (χ1) is 9.56. The van der Waals surface area contributed by atoms with Gasteiger partial charge >= 0.3 is 0 Å². The van der Waals surface area contributed by atoms with Crippen LogP contribution in [-0.2, 0) is 4.79 Å². The SMILES string of the molecule is C[C@H]1CCCC[C@@H]1NC(=O)COc1ccc(F)c(F)c1. The van der Waals surface area contributed by atoms with Gasteiger partial charge in [-0.15, -0.1) is 0 Å². The van der Waals surface area contributed by atoms with Crippen molar-refractivity contribution in [1.29, 1.82) is 0 Å². The monoisotopic (exact) mass is 283 g/mol. The predicted molar refractivity (Wildman–Crippen MR) is 71.4 cm³/mol. The van der Waals surface area contributed by atoms with Crippen LogP contribution in [0.25, 0.3) is 0 Å². The molecule has 0 spiro atoms. The van der Waals surface area contributed by atoms with E-state index in [4.69, 9.17) is 4.74 Å². The van der Waals surface area contributed by atoms with Crippen LogP contribution in [0.3, 0.4) is 0 Å². The molecule has 0 aliphatic heterocycles. The molecule has 110 valence electrons. The Labute approximate surface area is 117 Å². The van der Waals surface area contributed by atoms with Gasteiger partial charge in [-0.25, -0.2) is 8.78 Å². The molecule has 1 amide bonds. The van der Waals surface area contributed by atoms with Crippen LogP contribution in [0.2, 0.25) is 0 Å². The maximum absolute atomic E-state index is 13.0. The Morgan fingerprint density at radius 2 is 2.05 bits per heavy atom. The third-order valence-electron chi connectivity index (χ3n) is 3.72. The van der Waals surface area contributed by atoms with Gasteiger partial charge in [0.15, 0.2) is 18.2 Å². The zero-order valence-electron chi connectivity index (χ0n) is 11.5. The lowest BCUT2D eigenvalue weighted by molar-refractivity contribution is -0.124. The fourth-order valence-corrected chi connectivity index (χ4v) is 2.49. The van der Waals surface area contributed by atoms with E-state index >= 15 is 0 Å². The van der Waals surface area contributed by atoms with Gasteiger partial charge in [0.1, 0.15) is 5.75 Å². The predicted octanol–water partition coefficient (Wildman–Crippen LogP) is 3.04. The quantitative estimate of drug-likeness (QED) is 0.922. The van der Waals surface area contributed by atoms with E-state index in [0.29, 0.717) is 5.92 Å². The molecule has 0 aromatic heterocycles. The molecule has 1 aromatic carbocycles. The van der Waals surface area contributed by atoms with Crippen molar-refractivity contribution < 1.29 is 18.3 Å². The Morgan fingerprint density at radius 3 is 2.75 bits per heavy atom. The topological polar surface area (TPSA) is 38.3 Å². The molecule has 5 heteroatoms. The highest BCUT2D eigenvalue weighted by molar-refractivity contribution is 5.77. The number of rotatable bonds is 4. The molecule has 2 atom stereocenters. The molecule has 2 rings (SSSR count). The van der Waals surface area contributed by atoms with E-state index in [1.54, 1.807) is 0 Å². The molecule has 1 aliphatic carbocycles. The number of carbonyl (C=O) groups excluding carboxylic acids is 1. The number of benzene rings is 1. The number of nitrogens with one attached hydrogen (secondary N) is 1. The second-order valence-electron chi connectivity index (χ2n) is 5.30. The summed E-state index contributed by atoms with van der Waals surface area (Å²) in [5.41, 5.74) is 0. The Balaban J connectivity index is 1.81. The number of carbonyl (C=O) groups is 1. The van der Waals surface area contributed by atoms with E-state index in [0.717, 1.165) is 31.4 Å². The lowest BCUT2D eigenvalue weighted by Gasteiger charge is -2.29. The zero-order chi connectivity index (χ0) is 14.5. The summed E-state index contributed by atoms with van der Waals surface area (Å²) >= 11 is 0. The highest BCUT2D eigenvalue weighted by Crippen LogP contribution is 2.23. The standard InChI is InChI=1S/C15H19F2NO2/c1-10-4-2-3-5-14(10)18-15(19)9-20-11-6-7-12(16)13(17)8-11/h6-8,10,14H,2-5,9H2,1H3,(H,18,19)/t10-,14-/m0/s1. The van der Waals surface area contributed by atoms with Crippen molar-refractivity contribution in [3.63, 3.8) is 0 Å². The molecule has 0 radical (unpaired) electrons. The van der Waals surface area contributed by atoms with Crippen LogP contribution in [0.4, 0.5) is 8.78 Å². The summed E-state index contributed by atoms with van der Waals surface area (Å²) in [6.07, 6.45) is 4.44. The van der Waals surface area contributed by atoms with E-state index in [9.17, 15) is 13.6 Å². The van der Waals surface area contributed by atoms with Crippen LogP contribution in [0.5, 0.6) is 5.75 Å². The Morgan fingerprint density at radius 1 is 1.30 bits per heavy atom. The summed E-state index contributed by atoms with van der Waals surface area (Å²) in [5.74, 6) is -1.53. The lowest BCUT2D eigenvalue weighted by atomic mass is 9.86. The molecule has 0 unspecified atom stereocenters. The van der Waals surface area contributed by atoms with Crippen molar-refractivity contribution in [1.82, 2.24) is 5.32 Å². The highest BCUT2D eigenvalue weighted by Gasteiger charge is 2.22. The summed E-state index contributed by atoms with van der Waals surface area (Å²) in [5, 5.41) is 2.93. The van der Waals surface area contributed by atoms with Gasteiger partial charge in [0.05, 0.1) is 0 Å². The normalized spacial score (nSPS) is 22.4. The molecule has 0 saturated heterocycles. The molecular formula is C15H19F2NO2. The third kappa shape index (κ3) is 3.92. The van der Waals surface area contributed by atoms with E-state index in [1.807, 2.05) is 0 Å². The minimum atomic E-state index is -0.983. The van der Waals surface area contributed by atoms with Crippen molar-refractivity contribution in [2.24, 2.45) is 5.92 Å². The molecule has 1 fully saturated rings. The third-order valence-corrected chi connectivity index (χ3v) is 3.72. The lowest BCUT2D eigenvalue weighted by Crippen LogP contribution is -2.43. The van der Waals surface area contributed by atoms with E-state index in [1.165, 1.54) is 12.5 Å². The number of amides is 1. The first-order valence-electron chi connectivity index (χ1n) is 6.93. The van der Waals surface area contributed by atoms with Gasteiger partial charge in [-0.1, -0.05) is 19.8 Å². The van der Waals surface area contributed by atoms with Gasteiger partial charge < -0.3 is 10.1 Å². The van der Waals surface area contributed by atoms with Crippen LogP contribution in [0.15, 0.2) is 18.2 Å². The minimum Gasteiger partial charge on any atom is -0.484 e. The van der Waals surface area contributed by atoms with Crippen LogP contribution >= 0.6 is 0 Å². The number of halogens is 2. The number of hydrogen-bond donors (Lipinski definition) is 1. The fraction of sp³-hybridized carbons (Fsp3) is 0.533. The van der Waals surface area contributed by atoms with Crippen molar-refractivity contribution in [3.05, 3.63) is 29.8 Å². The first kappa shape index (κ1) is 14.8. The second kappa shape index (κ2) is 6.68. The largest absolute Gasteiger partial charge is 0.484 e. The second-order valence-corrected chi connectivity index (χ2v) is 5.30. The summed E-state index contributed by atoms with van der Waals surface area (Å²) in [6, 6.07) is 3.40. The van der Waals surface area contributed by atoms with Crippen molar-refractivity contribution in [2.45, 2.75) is 38.6 Å². The van der Waals surface area contributed by atoms with E-state index in [2.05, 4.69) is 12.2 Å². The average molecular weight is 283 g/mol. The summed E-state index contributed by atoms with van der Waals surface area (Å²) in [4.78, 5) is 11.8. The number of ether oxygens (including phenoxy) is 1. The molecular weight excluding hydrogens is 264 g/mol.